The molecule has 0 aliphatic rings. The summed E-state index contributed by atoms with van der Waals surface area (Å²) in [5, 5.41) is 10.5. The highest BCUT2D eigenvalue weighted by Gasteiger charge is 2.15. The van der Waals surface area contributed by atoms with E-state index in [1.54, 1.807) is 0 Å². The van der Waals surface area contributed by atoms with Gasteiger partial charge in [0.15, 0.2) is 5.76 Å². The van der Waals surface area contributed by atoms with Gasteiger partial charge in [0.1, 0.15) is 0 Å². The lowest BCUT2D eigenvalue weighted by atomic mass is 10.2. The monoisotopic (exact) mass is 236 g/mol. The topological polar surface area (TPSA) is 67.5 Å². The maximum absolute atomic E-state index is 11.7. The molecule has 0 radical (unpaired) electrons. The van der Waals surface area contributed by atoms with Crippen LogP contribution in [-0.4, -0.2) is 16.9 Å². The van der Waals surface area contributed by atoms with Crippen molar-refractivity contribution in [2.24, 2.45) is 0 Å². The van der Waals surface area contributed by atoms with Gasteiger partial charge in [-0.2, -0.15) is 0 Å². The van der Waals surface area contributed by atoms with Crippen LogP contribution in [0, 0.1) is 0 Å². The minimum Gasteiger partial charge on any atom is -0.475 e. The molecule has 0 fully saturated rings. The van der Waals surface area contributed by atoms with Gasteiger partial charge in [0.25, 0.3) is 0 Å². The average molecular weight is 236 g/mol. The van der Waals surface area contributed by atoms with Crippen molar-refractivity contribution in [3.63, 3.8) is 0 Å². The van der Waals surface area contributed by atoms with Crippen LogP contribution in [0.4, 0.5) is 0 Å². The minimum atomic E-state index is -1.17. The van der Waals surface area contributed by atoms with E-state index in [1.165, 1.54) is 23.5 Å². The van der Waals surface area contributed by atoms with Crippen molar-refractivity contribution in [3.8, 4) is 0 Å². The molecule has 0 saturated heterocycles. The van der Waals surface area contributed by atoms with E-state index in [2.05, 4.69) is 0 Å². The third kappa shape index (κ3) is 2.20. The van der Waals surface area contributed by atoms with Crippen molar-refractivity contribution in [2.45, 2.75) is 6.42 Å². The van der Waals surface area contributed by atoms with Crippen molar-refractivity contribution < 1.29 is 19.1 Å². The van der Waals surface area contributed by atoms with Crippen LogP contribution < -0.4 is 0 Å². The molecule has 1 N–H and O–H groups in total. The second-order valence-electron chi connectivity index (χ2n) is 3.15. The maximum atomic E-state index is 11.7. The van der Waals surface area contributed by atoms with Gasteiger partial charge in [0.05, 0.1) is 0 Å². The lowest BCUT2D eigenvalue weighted by Crippen LogP contribution is -2.00. The molecule has 0 aliphatic carbocycles. The molecule has 0 aromatic carbocycles. The number of carboxylic acid groups (broad SMARTS) is 1. The van der Waals surface area contributed by atoms with Gasteiger partial charge in [-0.3, -0.25) is 4.79 Å². The summed E-state index contributed by atoms with van der Waals surface area (Å²) in [6.45, 7) is 0. The fourth-order valence-corrected chi connectivity index (χ4v) is 1.96. The van der Waals surface area contributed by atoms with E-state index < -0.39 is 5.97 Å². The Bertz CT molecular complexity index is 510. The first-order chi connectivity index (χ1) is 7.66. The molecule has 16 heavy (non-hydrogen) atoms. The molecular weight excluding hydrogens is 228 g/mol. The first-order valence-electron chi connectivity index (χ1n) is 4.55. The highest BCUT2D eigenvalue weighted by Crippen LogP contribution is 2.14. The molecule has 0 unspecified atom stereocenters. The Labute approximate surface area is 95.1 Å². The number of hydrogen-bond acceptors (Lipinski definition) is 4. The van der Waals surface area contributed by atoms with Crippen LogP contribution >= 0.6 is 11.3 Å². The van der Waals surface area contributed by atoms with Gasteiger partial charge in [-0.25, -0.2) is 4.79 Å². The summed E-state index contributed by atoms with van der Waals surface area (Å²) in [5.41, 5.74) is 0. The Morgan fingerprint density at radius 2 is 2.00 bits per heavy atom. The lowest BCUT2D eigenvalue weighted by molar-refractivity contribution is 0.0660. The molecule has 0 spiro atoms. The van der Waals surface area contributed by atoms with Gasteiger partial charge >= 0.3 is 5.97 Å². The Morgan fingerprint density at radius 3 is 2.56 bits per heavy atom. The zero-order valence-electron chi connectivity index (χ0n) is 8.17. The maximum Gasteiger partial charge on any atom is 0.371 e. The molecule has 0 atom stereocenters. The lowest BCUT2D eigenvalue weighted by Gasteiger charge is -1.93. The second-order valence-corrected chi connectivity index (χ2v) is 4.18. The minimum absolute atomic E-state index is 0.0887. The molecule has 0 bridgehead atoms. The molecule has 2 aromatic heterocycles. The van der Waals surface area contributed by atoms with Gasteiger partial charge in [0, 0.05) is 11.3 Å². The highest BCUT2D eigenvalue weighted by atomic mass is 32.1. The zero-order valence-corrected chi connectivity index (χ0v) is 8.99. The number of rotatable bonds is 4. The number of furan rings is 1. The van der Waals surface area contributed by atoms with Gasteiger partial charge in [0.2, 0.25) is 11.5 Å². The van der Waals surface area contributed by atoms with Crippen LogP contribution in [0.5, 0.6) is 0 Å². The van der Waals surface area contributed by atoms with E-state index in [1.807, 2.05) is 17.5 Å². The molecule has 4 nitrogen and oxygen atoms in total. The van der Waals surface area contributed by atoms with Crippen molar-refractivity contribution in [1.82, 2.24) is 0 Å². The Balaban J connectivity index is 2.12. The van der Waals surface area contributed by atoms with Crippen LogP contribution in [0.1, 0.15) is 26.0 Å². The third-order valence-electron chi connectivity index (χ3n) is 2.01. The summed E-state index contributed by atoms with van der Waals surface area (Å²) >= 11 is 1.48. The molecule has 0 amide bonds. The molecule has 82 valence electrons. The fourth-order valence-electron chi connectivity index (χ4n) is 1.26. The predicted octanol–water partition coefficient (Wildman–Crippen LogP) is 2.46. The van der Waals surface area contributed by atoms with Gasteiger partial charge in [-0.15, -0.1) is 11.3 Å². The van der Waals surface area contributed by atoms with Crippen molar-refractivity contribution in [2.75, 3.05) is 0 Å². The number of ketones is 1. The standard InChI is InChI=1S/C11H8O4S/c12-8(6-7-2-1-5-16-7)9-3-4-10(15-9)11(13)14/h1-5H,6H2,(H,13,14). The molecular formula is C11H8O4S. The second kappa shape index (κ2) is 4.32. The Hall–Kier alpha value is -1.88. The van der Waals surface area contributed by atoms with Crippen molar-refractivity contribution in [3.05, 3.63) is 46.0 Å². The van der Waals surface area contributed by atoms with E-state index in [-0.39, 0.29) is 23.7 Å². The number of thiophene rings is 1. The number of hydrogen-bond donors (Lipinski definition) is 1. The first kappa shape index (κ1) is 10.6. The normalized spacial score (nSPS) is 10.2. The summed E-state index contributed by atoms with van der Waals surface area (Å²) < 4.78 is 4.91. The molecule has 2 heterocycles. The average Bonchev–Trinajstić information content (AvgIpc) is 2.86. The summed E-state index contributed by atoms with van der Waals surface area (Å²) in [6.07, 6.45) is 0.240. The molecule has 2 aromatic rings. The number of aromatic carboxylic acids is 1. The predicted molar refractivity (Wildman–Crippen MR) is 58.0 cm³/mol. The van der Waals surface area contributed by atoms with Crippen LogP contribution in [0.2, 0.25) is 0 Å². The summed E-state index contributed by atoms with van der Waals surface area (Å²) in [5.74, 6) is -1.51. The summed E-state index contributed by atoms with van der Waals surface area (Å²) in [4.78, 5) is 23.1. The number of Topliss-reactive ketones (excluding diaryl/α,β-unsaturated/α-hetero) is 1. The van der Waals surface area contributed by atoms with E-state index in [4.69, 9.17) is 9.52 Å². The van der Waals surface area contributed by atoms with E-state index >= 15 is 0 Å². The largest absolute Gasteiger partial charge is 0.475 e. The molecule has 5 heteroatoms. The zero-order chi connectivity index (χ0) is 11.5. The van der Waals surface area contributed by atoms with Crippen LogP contribution in [0.3, 0.4) is 0 Å². The third-order valence-corrected chi connectivity index (χ3v) is 2.88. The van der Waals surface area contributed by atoms with Crippen molar-refractivity contribution in [1.29, 1.82) is 0 Å². The summed E-state index contributed by atoms with van der Waals surface area (Å²) in [6, 6.07) is 6.38. The van der Waals surface area contributed by atoms with E-state index in [9.17, 15) is 9.59 Å². The fraction of sp³-hybridized carbons (Fsp3) is 0.0909. The Morgan fingerprint density at radius 1 is 1.25 bits per heavy atom. The molecule has 0 saturated carbocycles. The number of carbonyl (C=O) groups is 2. The van der Waals surface area contributed by atoms with E-state index in [0.717, 1.165) is 4.88 Å². The van der Waals surface area contributed by atoms with Crippen LogP contribution in [0.15, 0.2) is 34.1 Å². The van der Waals surface area contributed by atoms with Crippen molar-refractivity contribution >= 4 is 23.1 Å². The quantitative estimate of drug-likeness (QED) is 0.828. The van der Waals surface area contributed by atoms with Crippen LogP contribution in [0.25, 0.3) is 0 Å². The first-order valence-corrected chi connectivity index (χ1v) is 5.43. The molecule has 2 rings (SSSR count). The Kier molecular flexibility index (Phi) is 2.87. The summed E-state index contributed by atoms with van der Waals surface area (Å²) in [7, 11) is 0. The number of carbonyl (C=O) groups excluding carboxylic acids is 1. The van der Waals surface area contributed by atoms with Gasteiger partial charge in [-0.1, -0.05) is 6.07 Å². The smallest absolute Gasteiger partial charge is 0.371 e. The van der Waals surface area contributed by atoms with Crippen LogP contribution in [-0.2, 0) is 6.42 Å². The van der Waals surface area contributed by atoms with Gasteiger partial charge in [-0.05, 0) is 23.6 Å². The highest BCUT2D eigenvalue weighted by molar-refractivity contribution is 7.10. The van der Waals surface area contributed by atoms with Gasteiger partial charge < -0.3 is 9.52 Å². The SMILES string of the molecule is O=C(O)c1ccc(C(=O)Cc2cccs2)o1. The molecule has 0 aliphatic heterocycles. The van der Waals surface area contributed by atoms with E-state index in [0.29, 0.717) is 0 Å². The number of carboxylic acids is 1.